The lowest BCUT2D eigenvalue weighted by atomic mass is 9.96. The molecule has 0 aliphatic heterocycles. The number of fused-ring (bicyclic) bond motifs is 7. The van der Waals surface area contributed by atoms with Crippen LogP contribution in [0.5, 0.6) is 0 Å². The maximum atomic E-state index is 5.34. The molecule has 0 N–H and O–H groups in total. The standard InChI is InChI=1S/C48H35N3/c1-4-14-32(15-5-1)37-28-38(43-31-42(35-18-6-2-7-19-35)49-48(50-43)36-20-8-3-9-21-36)30-39(29-37)51-44-26-24-33-16-10-12-22-40(33)46(44)47-41-23-13-11-17-34(41)25-27-45(47)51/h1-6,8-18,20,22-31,36H,7,19,21H2. The summed E-state index contributed by atoms with van der Waals surface area (Å²) < 4.78 is 2.46. The Hall–Kier alpha value is -6.32. The molecule has 10 rings (SSSR count). The van der Waals surface area contributed by atoms with Crippen molar-refractivity contribution in [1.29, 1.82) is 0 Å². The maximum Gasteiger partial charge on any atom is 0.136 e. The van der Waals surface area contributed by atoms with Crippen molar-refractivity contribution in [1.82, 2.24) is 14.5 Å². The second-order valence-corrected chi connectivity index (χ2v) is 13.6. The minimum atomic E-state index is 0.143. The normalized spacial score (nSPS) is 15.7. The molecule has 0 amide bonds. The van der Waals surface area contributed by atoms with Crippen molar-refractivity contribution < 1.29 is 0 Å². The van der Waals surface area contributed by atoms with Crippen LogP contribution in [0, 0.1) is 0 Å². The third-order valence-corrected chi connectivity index (χ3v) is 10.5. The van der Waals surface area contributed by atoms with Crippen molar-refractivity contribution >= 4 is 48.9 Å². The zero-order valence-corrected chi connectivity index (χ0v) is 28.2. The quantitative estimate of drug-likeness (QED) is 0.185. The summed E-state index contributed by atoms with van der Waals surface area (Å²) in [6.45, 7) is 0. The van der Waals surface area contributed by atoms with Gasteiger partial charge in [0.15, 0.2) is 0 Å². The molecule has 2 heterocycles. The molecule has 0 radical (unpaired) electrons. The van der Waals surface area contributed by atoms with Gasteiger partial charge in [0.25, 0.3) is 0 Å². The van der Waals surface area contributed by atoms with Gasteiger partial charge in [0.1, 0.15) is 5.82 Å². The van der Waals surface area contributed by atoms with Gasteiger partial charge in [0, 0.05) is 27.9 Å². The monoisotopic (exact) mass is 653 g/mol. The Morgan fingerprint density at radius 2 is 1.24 bits per heavy atom. The molecule has 1 atom stereocenters. The molecule has 6 aromatic carbocycles. The summed E-state index contributed by atoms with van der Waals surface area (Å²) in [5, 5.41) is 7.60. The van der Waals surface area contributed by atoms with E-state index in [0.29, 0.717) is 0 Å². The highest BCUT2D eigenvalue weighted by Gasteiger charge is 2.21. The third kappa shape index (κ3) is 5.13. The van der Waals surface area contributed by atoms with Gasteiger partial charge in [-0.05, 0) is 93.9 Å². The van der Waals surface area contributed by atoms with Gasteiger partial charge in [-0.15, -0.1) is 0 Å². The van der Waals surface area contributed by atoms with Gasteiger partial charge >= 0.3 is 0 Å². The summed E-state index contributed by atoms with van der Waals surface area (Å²) in [6.07, 6.45) is 18.2. The van der Waals surface area contributed by atoms with E-state index in [4.69, 9.17) is 9.97 Å². The summed E-state index contributed by atoms with van der Waals surface area (Å²) in [5.74, 6) is 1.02. The number of rotatable bonds is 5. The molecule has 51 heavy (non-hydrogen) atoms. The number of aromatic nitrogens is 3. The fourth-order valence-electron chi connectivity index (χ4n) is 8.04. The molecule has 0 fully saturated rings. The van der Waals surface area contributed by atoms with Crippen LogP contribution in [0.4, 0.5) is 0 Å². The van der Waals surface area contributed by atoms with E-state index < -0.39 is 0 Å². The molecule has 242 valence electrons. The van der Waals surface area contributed by atoms with Crippen LogP contribution in [0.3, 0.4) is 0 Å². The highest BCUT2D eigenvalue weighted by atomic mass is 15.0. The second kappa shape index (κ2) is 12.2. The van der Waals surface area contributed by atoms with Crippen LogP contribution < -0.4 is 0 Å². The van der Waals surface area contributed by atoms with Gasteiger partial charge in [-0.2, -0.15) is 0 Å². The number of nitrogens with zero attached hydrogens (tertiary/aromatic N) is 3. The molecule has 0 saturated carbocycles. The topological polar surface area (TPSA) is 30.7 Å². The van der Waals surface area contributed by atoms with Gasteiger partial charge in [-0.25, -0.2) is 9.97 Å². The van der Waals surface area contributed by atoms with Crippen molar-refractivity contribution in [2.45, 2.75) is 25.2 Å². The van der Waals surface area contributed by atoms with E-state index in [9.17, 15) is 0 Å². The highest BCUT2D eigenvalue weighted by Crippen LogP contribution is 2.42. The van der Waals surface area contributed by atoms with Crippen LogP contribution in [-0.2, 0) is 0 Å². The summed E-state index contributed by atoms with van der Waals surface area (Å²) in [6, 6.07) is 46.6. The predicted molar refractivity (Wildman–Crippen MR) is 214 cm³/mol. The van der Waals surface area contributed by atoms with Crippen LogP contribution in [0.2, 0.25) is 0 Å². The molecule has 2 aliphatic carbocycles. The Labute approximate surface area is 297 Å². The zero-order valence-electron chi connectivity index (χ0n) is 28.2. The smallest absolute Gasteiger partial charge is 0.136 e. The van der Waals surface area contributed by atoms with E-state index in [-0.39, 0.29) is 5.92 Å². The van der Waals surface area contributed by atoms with Crippen LogP contribution in [-0.4, -0.2) is 14.5 Å². The third-order valence-electron chi connectivity index (χ3n) is 10.5. The molecule has 2 aliphatic rings. The van der Waals surface area contributed by atoms with Crippen molar-refractivity contribution in [2.75, 3.05) is 0 Å². The average molecular weight is 654 g/mol. The first-order chi connectivity index (χ1) is 25.3. The van der Waals surface area contributed by atoms with Crippen LogP contribution >= 0.6 is 0 Å². The van der Waals surface area contributed by atoms with E-state index in [1.54, 1.807) is 0 Å². The minimum Gasteiger partial charge on any atom is -0.309 e. The first kappa shape index (κ1) is 29.6. The molecule has 3 nitrogen and oxygen atoms in total. The lowest BCUT2D eigenvalue weighted by Crippen LogP contribution is -2.07. The van der Waals surface area contributed by atoms with Gasteiger partial charge in [-0.3, -0.25) is 0 Å². The summed E-state index contributed by atoms with van der Waals surface area (Å²) in [7, 11) is 0. The second-order valence-electron chi connectivity index (χ2n) is 13.6. The lowest BCUT2D eigenvalue weighted by Gasteiger charge is -2.18. The fourth-order valence-corrected chi connectivity index (χ4v) is 8.04. The Bertz CT molecular complexity index is 2680. The Kier molecular flexibility index (Phi) is 7.09. The first-order valence-corrected chi connectivity index (χ1v) is 17.9. The number of benzene rings is 6. The van der Waals surface area contributed by atoms with E-state index >= 15 is 0 Å². The Morgan fingerprint density at radius 3 is 1.92 bits per heavy atom. The van der Waals surface area contributed by atoms with Crippen LogP contribution in [0.15, 0.2) is 170 Å². The van der Waals surface area contributed by atoms with Crippen molar-refractivity contribution in [3.63, 3.8) is 0 Å². The van der Waals surface area contributed by atoms with Crippen molar-refractivity contribution in [3.05, 3.63) is 181 Å². The lowest BCUT2D eigenvalue weighted by molar-refractivity contribution is 0.769. The van der Waals surface area contributed by atoms with E-state index in [2.05, 4.69) is 174 Å². The molecule has 2 aromatic heterocycles. The molecular weight excluding hydrogens is 619 g/mol. The molecule has 0 saturated heterocycles. The number of hydrogen-bond donors (Lipinski definition) is 0. The largest absolute Gasteiger partial charge is 0.309 e. The van der Waals surface area contributed by atoms with Gasteiger partial charge < -0.3 is 4.57 Å². The van der Waals surface area contributed by atoms with Gasteiger partial charge in [-0.1, -0.05) is 134 Å². The fraction of sp³-hybridized carbons (Fsp3) is 0.0833. The average Bonchev–Trinajstić information content (AvgIpc) is 3.57. The molecule has 8 aromatic rings. The minimum absolute atomic E-state index is 0.143. The number of allylic oxidation sites excluding steroid dienone is 8. The maximum absolute atomic E-state index is 5.34. The molecule has 3 heteroatoms. The van der Waals surface area contributed by atoms with E-state index in [1.807, 2.05) is 0 Å². The van der Waals surface area contributed by atoms with Crippen LogP contribution in [0.25, 0.3) is 77.0 Å². The Balaban J connectivity index is 1.28. The first-order valence-electron chi connectivity index (χ1n) is 17.9. The van der Waals surface area contributed by atoms with Crippen LogP contribution in [0.1, 0.15) is 36.7 Å². The van der Waals surface area contributed by atoms with Crippen molar-refractivity contribution in [3.8, 4) is 28.1 Å². The van der Waals surface area contributed by atoms with E-state index in [1.165, 1.54) is 54.5 Å². The summed E-state index contributed by atoms with van der Waals surface area (Å²) >= 11 is 0. The van der Waals surface area contributed by atoms with Gasteiger partial charge in [0.05, 0.1) is 22.4 Å². The number of hydrogen-bond acceptors (Lipinski definition) is 2. The molecule has 1 unspecified atom stereocenters. The molecule has 0 spiro atoms. The summed E-state index contributed by atoms with van der Waals surface area (Å²) in [4.78, 5) is 10.5. The molecule has 0 bridgehead atoms. The predicted octanol–water partition coefficient (Wildman–Crippen LogP) is 12.5. The molecular formula is C48H35N3. The van der Waals surface area contributed by atoms with Gasteiger partial charge in [0.2, 0.25) is 0 Å². The summed E-state index contributed by atoms with van der Waals surface area (Å²) in [5.41, 5.74) is 10.1. The zero-order chi connectivity index (χ0) is 33.7. The SMILES string of the molecule is C1=CCCC(c2cc(-c3cc(-c4ccccc4)cc(-n4c5ccc6ccccc6c5c5c6ccccc6ccc54)c3)nc(C3C=CC=CC3)n2)=C1. The van der Waals surface area contributed by atoms with E-state index in [0.717, 1.165) is 53.3 Å². The van der Waals surface area contributed by atoms with Crippen molar-refractivity contribution in [2.24, 2.45) is 0 Å². The highest BCUT2D eigenvalue weighted by molar-refractivity contribution is 6.28. The Morgan fingerprint density at radius 1 is 0.549 bits per heavy atom.